The number of hydrogen-bond acceptors (Lipinski definition) is 4. The average molecular weight is 417 g/mol. The maximum Gasteiger partial charge on any atom is 0.315 e. The molecule has 0 spiro atoms. The number of anilines is 1. The minimum absolute atomic E-state index is 0.141. The quantitative estimate of drug-likeness (QED) is 0.649. The van der Waals surface area contributed by atoms with Gasteiger partial charge in [0.05, 0.1) is 13.2 Å². The number of rotatable bonds is 9. The molecule has 30 heavy (non-hydrogen) atoms. The molecule has 2 aliphatic rings. The zero-order chi connectivity index (χ0) is 21.3. The highest BCUT2D eigenvalue weighted by Gasteiger charge is 2.27. The van der Waals surface area contributed by atoms with Crippen LogP contribution in [0.5, 0.6) is 0 Å². The summed E-state index contributed by atoms with van der Waals surface area (Å²) in [5.74, 6) is 0.747. The second kappa shape index (κ2) is 11.3. The highest BCUT2D eigenvalue weighted by molar-refractivity contribution is 5.95. The van der Waals surface area contributed by atoms with Crippen molar-refractivity contribution in [1.82, 2.24) is 15.5 Å². The van der Waals surface area contributed by atoms with Crippen LogP contribution in [-0.4, -0.2) is 62.3 Å². The molecule has 0 radical (unpaired) electrons. The maximum absolute atomic E-state index is 12.4. The van der Waals surface area contributed by atoms with Gasteiger partial charge in [0.1, 0.15) is 0 Å². The lowest BCUT2D eigenvalue weighted by Gasteiger charge is -2.38. The monoisotopic (exact) mass is 416 g/mol. The Morgan fingerprint density at radius 1 is 1.07 bits per heavy atom. The van der Waals surface area contributed by atoms with Crippen LogP contribution in [0.4, 0.5) is 10.5 Å². The minimum atomic E-state index is -0.141. The van der Waals surface area contributed by atoms with Crippen LogP contribution >= 0.6 is 0 Å². The number of amides is 3. The van der Waals surface area contributed by atoms with Gasteiger partial charge in [-0.2, -0.15) is 0 Å². The molecule has 3 amide bonds. The van der Waals surface area contributed by atoms with Gasteiger partial charge in [0.15, 0.2) is 0 Å². The van der Waals surface area contributed by atoms with E-state index in [-0.39, 0.29) is 11.9 Å². The maximum atomic E-state index is 12.4. The van der Waals surface area contributed by atoms with E-state index in [1.54, 1.807) is 0 Å². The lowest BCUT2D eigenvalue weighted by molar-refractivity contribution is -0.117. The lowest BCUT2D eigenvalue weighted by atomic mass is 9.92. The molecule has 3 rings (SSSR count). The van der Waals surface area contributed by atoms with Gasteiger partial charge in [0.25, 0.3) is 0 Å². The number of ether oxygens (including phenoxy) is 1. The van der Waals surface area contributed by atoms with Gasteiger partial charge in [0, 0.05) is 50.9 Å². The topological polar surface area (TPSA) is 73.9 Å². The van der Waals surface area contributed by atoms with Gasteiger partial charge in [-0.1, -0.05) is 38.8 Å². The van der Waals surface area contributed by atoms with Gasteiger partial charge >= 0.3 is 6.03 Å². The van der Waals surface area contributed by atoms with Crippen molar-refractivity contribution in [1.29, 1.82) is 0 Å². The number of benzene rings is 1. The minimum Gasteiger partial charge on any atom is -0.379 e. The van der Waals surface area contributed by atoms with E-state index in [4.69, 9.17) is 4.74 Å². The Kier molecular flexibility index (Phi) is 8.51. The molecule has 0 saturated carbocycles. The number of nitrogens with zero attached hydrogens (tertiary/aromatic N) is 2. The molecule has 7 heteroatoms. The van der Waals surface area contributed by atoms with E-state index >= 15 is 0 Å². The predicted molar refractivity (Wildman–Crippen MR) is 119 cm³/mol. The Balaban J connectivity index is 1.47. The molecule has 1 atom stereocenters. The van der Waals surface area contributed by atoms with Crippen LogP contribution in [0.3, 0.4) is 0 Å². The summed E-state index contributed by atoms with van der Waals surface area (Å²) in [6.45, 7) is 9.74. The normalized spacial score (nSPS) is 18.6. The fourth-order valence-electron chi connectivity index (χ4n) is 4.49. The average Bonchev–Trinajstić information content (AvgIpc) is 3.22. The summed E-state index contributed by atoms with van der Waals surface area (Å²) in [5.41, 5.74) is 1.95. The van der Waals surface area contributed by atoms with Crippen LogP contribution in [0.1, 0.15) is 45.1 Å². The van der Waals surface area contributed by atoms with E-state index < -0.39 is 0 Å². The van der Waals surface area contributed by atoms with Gasteiger partial charge < -0.3 is 20.3 Å². The van der Waals surface area contributed by atoms with E-state index in [1.807, 2.05) is 29.2 Å². The number of urea groups is 1. The molecule has 0 aromatic heterocycles. The Morgan fingerprint density at radius 2 is 1.77 bits per heavy atom. The first-order chi connectivity index (χ1) is 14.6. The molecule has 1 unspecified atom stereocenters. The first-order valence-corrected chi connectivity index (χ1v) is 11.3. The third kappa shape index (κ3) is 5.95. The number of carbonyl (C=O) groups excluding carboxylic acids is 2. The van der Waals surface area contributed by atoms with Crippen molar-refractivity contribution >= 4 is 17.6 Å². The van der Waals surface area contributed by atoms with Crippen LogP contribution in [0.2, 0.25) is 0 Å². The molecule has 2 fully saturated rings. The Labute approximate surface area is 180 Å². The molecule has 2 N–H and O–H groups in total. The van der Waals surface area contributed by atoms with Crippen molar-refractivity contribution in [2.75, 3.05) is 44.3 Å². The fourth-order valence-corrected chi connectivity index (χ4v) is 4.49. The standard InChI is InChI=1S/C23H36N4O3/c1-3-19(4-2)21(26-12-14-30-15-13-26)17-25-23(29)24-16-18-7-9-20(10-8-18)27-11-5-6-22(27)28/h7-10,19,21H,3-6,11-17H2,1-2H3,(H2,24,25,29). The van der Waals surface area contributed by atoms with Crippen molar-refractivity contribution in [3.63, 3.8) is 0 Å². The fraction of sp³-hybridized carbons (Fsp3) is 0.652. The molecule has 1 aromatic rings. The zero-order valence-corrected chi connectivity index (χ0v) is 18.4. The van der Waals surface area contributed by atoms with Crippen LogP contribution < -0.4 is 15.5 Å². The molecule has 2 heterocycles. The van der Waals surface area contributed by atoms with E-state index in [2.05, 4.69) is 29.4 Å². The van der Waals surface area contributed by atoms with E-state index in [0.717, 1.165) is 63.4 Å². The summed E-state index contributed by atoms with van der Waals surface area (Å²) in [6.07, 6.45) is 3.76. The first-order valence-electron chi connectivity index (χ1n) is 11.3. The van der Waals surface area contributed by atoms with Gasteiger partial charge in [-0.25, -0.2) is 4.79 Å². The highest BCUT2D eigenvalue weighted by Crippen LogP contribution is 2.22. The summed E-state index contributed by atoms with van der Waals surface area (Å²) >= 11 is 0. The van der Waals surface area contributed by atoms with Crippen molar-refractivity contribution in [3.8, 4) is 0 Å². The largest absolute Gasteiger partial charge is 0.379 e. The van der Waals surface area contributed by atoms with E-state index in [1.165, 1.54) is 0 Å². The predicted octanol–water partition coefficient (Wildman–Crippen LogP) is 2.75. The first kappa shape index (κ1) is 22.6. The molecule has 2 saturated heterocycles. The second-order valence-corrected chi connectivity index (χ2v) is 8.17. The Bertz CT molecular complexity index is 684. The zero-order valence-electron chi connectivity index (χ0n) is 18.4. The third-order valence-corrected chi connectivity index (χ3v) is 6.35. The second-order valence-electron chi connectivity index (χ2n) is 8.17. The van der Waals surface area contributed by atoms with Crippen molar-refractivity contribution in [2.45, 2.75) is 52.1 Å². The number of carbonyl (C=O) groups is 2. The molecule has 166 valence electrons. The molecule has 1 aromatic carbocycles. The molecule has 0 bridgehead atoms. The molecule has 2 aliphatic heterocycles. The van der Waals surface area contributed by atoms with Gasteiger partial charge in [-0.3, -0.25) is 9.69 Å². The molecular weight excluding hydrogens is 380 g/mol. The summed E-state index contributed by atoms with van der Waals surface area (Å²) in [7, 11) is 0. The smallest absolute Gasteiger partial charge is 0.315 e. The van der Waals surface area contributed by atoms with E-state index in [9.17, 15) is 9.59 Å². The van der Waals surface area contributed by atoms with Crippen LogP contribution in [0.15, 0.2) is 24.3 Å². The Hall–Kier alpha value is -2.12. The number of nitrogens with one attached hydrogen (secondary N) is 2. The highest BCUT2D eigenvalue weighted by atomic mass is 16.5. The summed E-state index contributed by atoms with van der Waals surface area (Å²) in [5, 5.41) is 6.03. The number of morpholine rings is 1. The van der Waals surface area contributed by atoms with Gasteiger partial charge in [-0.05, 0) is 30.0 Å². The SMILES string of the molecule is CCC(CC)C(CNC(=O)NCc1ccc(N2CCCC2=O)cc1)N1CCOCC1. The van der Waals surface area contributed by atoms with Crippen molar-refractivity contribution < 1.29 is 14.3 Å². The van der Waals surface area contributed by atoms with Crippen molar-refractivity contribution in [3.05, 3.63) is 29.8 Å². The summed E-state index contributed by atoms with van der Waals surface area (Å²) in [6, 6.07) is 8.06. The Morgan fingerprint density at radius 3 is 2.37 bits per heavy atom. The van der Waals surface area contributed by atoms with Crippen LogP contribution in [0, 0.1) is 5.92 Å². The van der Waals surface area contributed by atoms with Gasteiger partial charge in [0.2, 0.25) is 5.91 Å². The third-order valence-electron chi connectivity index (χ3n) is 6.35. The summed E-state index contributed by atoms with van der Waals surface area (Å²) in [4.78, 5) is 28.5. The van der Waals surface area contributed by atoms with Crippen LogP contribution in [0.25, 0.3) is 0 Å². The molecule has 7 nitrogen and oxygen atoms in total. The van der Waals surface area contributed by atoms with Crippen molar-refractivity contribution in [2.24, 2.45) is 5.92 Å². The number of hydrogen-bond donors (Lipinski definition) is 2. The molecular formula is C23H36N4O3. The lowest BCUT2D eigenvalue weighted by Crippen LogP contribution is -2.53. The van der Waals surface area contributed by atoms with Crippen LogP contribution in [-0.2, 0) is 16.1 Å². The molecule has 0 aliphatic carbocycles. The van der Waals surface area contributed by atoms with Gasteiger partial charge in [-0.15, -0.1) is 0 Å². The van der Waals surface area contributed by atoms with E-state index in [0.29, 0.717) is 31.5 Å². The summed E-state index contributed by atoms with van der Waals surface area (Å²) < 4.78 is 5.49.